The molecule has 0 saturated carbocycles. The summed E-state index contributed by atoms with van der Waals surface area (Å²) < 4.78 is 12.8. The second kappa shape index (κ2) is 8.86. The molecule has 30 heavy (non-hydrogen) atoms. The van der Waals surface area contributed by atoms with E-state index in [-0.39, 0.29) is 5.91 Å². The van der Waals surface area contributed by atoms with E-state index in [2.05, 4.69) is 16.1 Å². The summed E-state index contributed by atoms with van der Waals surface area (Å²) in [6, 6.07) is 13.3. The van der Waals surface area contributed by atoms with Crippen LogP contribution < -0.4 is 14.8 Å². The zero-order valence-corrected chi connectivity index (χ0v) is 17.2. The Morgan fingerprint density at radius 1 is 1.10 bits per heavy atom. The summed E-state index contributed by atoms with van der Waals surface area (Å²) in [7, 11) is 3.18. The molecule has 0 atom stereocenters. The molecule has 1 amide bonds. The van der Waals surface area contributed by atoms with Crippen LogP contribution in [0.1, 0.15) is 24.2 Å². The average molecular weight is 403 g/mol. The Morgan fingerprint density at radius 3 is 2.73 bits per heavy atom. The minimum absolute atomic E-state index is 0.207. The Morgan fingerprint density at radius 2 is 1.93 bits per heavy atom. The summed E-state index contributed by atoms with van der Waals surface area (Å²) in [5.41, 5.74) is 3.41. The molecule has 0 bridgehead atoms. The zero-order valence-electron chi connectivity index (χ0n) is 17.2. The maximum atomic E-state index is 12.6. The number of nitrogens with zero attached hydrogens (tertiary/aromatic N) is 2. The van der Waals surface area contributed by atoms with Crippen molar-refractivity contribution in [1.29, 1.82) is 0 Å². The van der Waals surface area contributed by atoms with Crippen molar-refractivity contribution in [3.8, 4) is 22.8 Å². The molecule has 2 aromatic carbocycles. The van der Waals surface area contributed by atoms with E-state index in [1.807, 2.05) is 42.5 Å². The van der Waals surface area contributed by atoms with Gasteiger partial charge in [-0.1, -0.05) is 24.3 Å². The van der Waals surface area contributed by atoms with Crippen molar-refractivity contribution in [3.63, 3.8) is 0 Å². The molecular weight excluding hydrogens is 378 g/mol. The van der Waals surface area contributed by atoms with Gasteiger partial charge in [-0.05, 0) is 42.7 Å². The van der Waals surface area contributed by atoms with E-state index in [9.17, 15) is 4.79 Å². The number of hydrogen-bond acceptors (Lipinski definition) is 4. The molecule has 0 unspecified atom stereocenters. The molecule has 1 aliphatic heterocycles. The third kappa shape index (κ3) is 4.22. The van der Waals surface area contributed by atoms with Crippen molar-refractivity contribution in [1.82, 2.24) is 9.55 Å². The molecule has 4 rings (SSSR count). The molecule has 2 heterocycles. The Kier molecular flexibility index (Phi) is 5.84. The first kappa shape index (κ1) is 19.8. The largest absolute Gasteiger partial charge is 0.493 e. The van der Waals surface area contributed by atoms with Crippen molar-refractivity contribution < 1.29 is 14.3 Å². The number of benzene rings is 2. The van der Waals surface area contributed by atoms with Gasteiger partial charge in [0.25, 0.3) is 0 Å². The summed E-state index contributed by atoms with van der Waals surface area (Å²) in [5.74, 6) is 2.18. The first-order valence-corrected chi connectivity index (χ1v) is 10.0. The van der Waals surface area contributed by atoms with E-state index >= 15 is 0 Å². The second-order valence-corrected chi connectivity index (χ2v) is 7.18. The van der Waals surface area contributed by atoms with Crippen LogP contribution in [0.2, 0.25) is 0 Å². The third-order valence-corrected chi connectivity index (χ3v) is 5.20. The monoisotopic (exact) mass is 403 g/mol. The molecular formula is C24H25N3O3. The quantitative estimate of drug-likeness (QED) is 0.613. The van der Waals surface area contributed by atoms with Gasteiger partial charge in [-0.25, -0.2) is 4.98 Å². The van der Waals surface area contributed by atoms with Crippen LogP contribution in [-0.4, -0.2) is 29.7 Å². The number of hydrogen-bond donors (Lipinski definition) is 1. The minimum atomic E-state index is -0.207. The summed E-state index contributed by atoms with van der Waals surface area (Å²) in [6.07, 6.45) is 8.70. The molecule has 1 aliphatic rings. The number of imidazole rings is 1. The van der Waals surface area contributed by atoms with Gasteiger partial charge in [-0.2, -0.15) is 0 Å². The molecule has 0 aliphatic carbocycles. The summed E-state index contributed by atoms with van der Waals surface area (Å²) >= 11 is 0. The number of nitrogens with one attached hydrogen (secondary N) is 1. The summed E-state index contributed by atoms with van der Waals surface area (Å²) in [4.78, 5) is 17.3. The van der Waals surface area contributed by atoms with Crippen LogP contribution in [-0.2, 0) is 17.8 Å². The van der Waals surface area contributed by atoms with Gasteiger partial charge < -0.3 is 19.4 Å². The Hall–Kier alpha value is -3.54. The molecule has 0 saturated heterocycles. The van der Waals surface area contributed by atoms with Gasteiger partial charge in [0.2, 0.25) is 5.91 Å². The SMILES string of the molecule is COc1ccc(/C=C/C(=O)Nc2ccccc2-c2cn3c(n2)CCCC3)cc1OC. The van der Waals surface area contributed by atoms with Crippen molar-refractivity contribution >= 4 is 17.7 Å². The smallest absolute Gasteiger partial charge is 0.248 e. The van der Waals surface area contributed by atoms with Gasteiger partial charge in [0.05, 0.1) is 25.6 Å². The molecule has 0 radical (unpaired) electrons. The number of carbonyl (C=O) groups excluding carboxylic acids is 1. The Balaban J connectivity index is 1.52. The fraction of sp³-hybridized carbons (Fsp3) is 0.250. The Labute approximate surface area is 176 Å². The Bertz CT molecular complexity index is 1060. The molecule has 6 heteroatoms. The highest BCUT2D eigenvalue weighted by Crippen LogP contribution is 2.30. The first-order valence-electron chi connectivity index (χ1n) is 10.0. The van der Waals surface area contributed by atoms with Gasteiger partial charge in [0.1, 0.15) is 5.82 Å². The number of aryl methyl sites for hydroxylation is 2. The fourth-order valence-electron chi connectivity index (χ4n) is 3.66. The maximum Gasteiger partial charge on any atom is 0.248 e. The number of carbonyl (C=O) groups is 1. The van der Waals surface area contributed by atoms with E-state index < -0.39 is 0 Å². The van der Waals surface area contributed by atoms with Crippen LogP contribution in [0.5, 0.6) is 11.5 Å². The van der Waals surface area contributed by atoms with E-state index in [1.54, 1.807) is 20.3 Å². The summed E-state index contributed by atoms with van der Waals surface area (Å²) in [6.45, 7) is 1.00. The number of methoxy groups -OCH3 is 2. The summed E-state index contributed by atoms with van der Waals surface area (Å²) in [5, 5.41) is 2.98. The number of anilines is 1. The number of rotatable bonds is 6. The van der Waals surface area contributed by atoms with Gasteiger partial charge in [-0.15, -0.1) is 0 Å². The maximum absolute atomic E-state index is 12.6. The van der Waals surface area contributed by atoms with Gasteiger partial charge in [-0.3, -0.25) is 4.79 Å². The standard InChI is InChI=1S/C24H25N3O3/c1-29-21-12-10-17(15-22(21)30-2)11-13-24(28)26-19-8-4-3-7-18(19)20-16-27-14-6-5-9-23(27)25-20/h3-4,7-8,10-13,15-16H,5-6,9,14H2,1-2H3,(H,26,28)/b13-11+. The molecule has 0 spiro atoms. The van der Waals surface area contributed by atoms with Crippen LogP contribution >= 0.6 is 0 Å². The highest BCUT2D eigenvalue weighted by atomic mass is 16.5. The van der Waals surface area contributed by atoms with Gasteiger partial charge in [0.15, 0.2) is 11.5 Å². The molecule has 154 valence electrons. The van der Waals surface area contributed by atoms with Crippen LogP contribution in [0.3, 0.4) is 0 Å². The fourth-order valence-corrected chi connectivity index (χ4v) is 3.66. The number of para-hydroxylation sites is 1. The van der Waals surface area contributed by atoms with E-state index in [0.717, 1.165) is 41.3 Å². The lowest BCUT2D eigenvalue weighted by atomic mass is 10.1. The zero-order chi connectivity index (χ0) is 20.9. The lowest BCUT2D eigenvalue weighted by molar-refractivity contribution is -0.111. The van der Waals surface area contributed by atoms with Crippen molar-refractivity contribution in [2.75, 3.05) is 19.5 Å². The molecule has 1 N–H and O–H groups in total. The lowest BCUT2D eigenvalue weighted by Crippen LogP contribution is -2.09. The molecule has 3 aromatic rings. The van der Waals surface area contributed by atoms with Crippen LogP contribution in [0.25, 0.3) is 17.3 Å². The highest BCUT2D eigenvalue weighted by molar-refractivity contribution is 6.04. The van der Waals surface area contributed by atoms with E-state index in [0.29, 0.717) is 11.5 Å². The third-order valence-electron chi connectivity index (χ3n) is 5.20. The van der Waals surface area contributed by atoms with Crippen LogP contribution in [0.15, 0.2) is 54.7 Å². The molecule has 0 fully saturated rings. The van der Waals surface area contributed by atoms with E-state index in [4.69, 9.17) is 14.5 Å². The normalized spacial score (nSPS) is 13.1. The predicted octanol–water partition coefficient (Wildman–Crippen LogP) is 4.56. The number of amides is 1. The number of ether oxygens (including phenoxy) is 2. The number of aromatic nitrogens is 2. The average Bonchev–Trinajstić information content (AvgIpc) is 3.22. The predicted molar refractivity (Wildman–Crippen MR) is 118 cm³/mol. The van der Waals surface area contributed by atoms with Gasteiger partial charge >= 0.3 is 0 Å². The van der Waals surface area contributed by atoms with Gasteiger partial charge in [0, 0.05) is 30.8 Å². The van der Waals surface area contributed by atoms with Crippen molar-refractivity contribution in [2.45, 2.75) is 25.8 Å². The minimum Gasteiger partial charge on any atom is -0.493 e. The van der Waals surface area contributed by atoms with Crippen LogP contribution in [0.4, 0.5) is 5.69 Å². The van der Waals surface area contributed by atoms with Crippen molar-refractivity contribution in [3.05, 3.63) is 66.1 Å². The lowest BCUT2D eigenvalue weighted by Gasteiger charge is -2.11. The number of fused-ring (bicyclic) bond motifs is 1. The second-order valence-electron chi connectivity index (χ2n) is 7.18. The van der Waals surface area contributed by atoms with Crippen molar-refractivity contribution in [2.24, 2.45) is 0 Å². The van der Waals surface area contributed by atoms with Crippen LogP contribution in [0, 0.1) is 0 Å². The topological polar surface area (TPSA) is 65.4 Å². The van der Waals surface area contributed by atoms with E-state index in [1.165, 1.54) is 18.9 Å². The highest BCUT2D eigenvalue weighted by Gasteiger charge is 2.15. The molecule has 1 aromatic heterocycles. The first-order chi connectivity index (χ1) is 14.7. The molecule has 6 nitrogen and oxygen atoms in total.